The van der Waals surface area contributed by atoms with Gasteiger partial charge >= 0.3 is 0 Å². The number of hydrogen-bond donors (Lipinski definition) is 0. The predicted octanol–water partition coefficient (Wildman–Crippen LogP) is 2.18. The van der Waals surface area contributed by atoms with E-state index in [1.807, 2.05) is 4.90 Å². The van der Waals surface area contributed by atoms with Gasteiger partial charge in [0.05, 0.1) is 6.04 Å². The summed E-state index contributed by atoms with van der Waals surface area (Å²) in [6.07, 6.45) is 6.96. The first-order valence-corrected chi connectivity index (χ1v) is 9.31. The third-order valence-electron chi connectivity index (χ3n) is 6.54. The van der Waals surface area contributed by atoms with Crippen LogP contribution < -0.4 is 0 Å². The summed E-state index contributed by atoms with van der Waals surface area (Å²) in [5.41, 5.74) is 0.454. The number of fused-ring (bicyclic) bond motifs is 1. The summed E-state index contributed by atoms with van der Waals surface area (Å²) in [7, 11) is 0. The van der Waals surface area contributed by atoms with Gasteiger partial charge in [-0.05, 0) is 32.3 Å². The van der Waals surface area contributed by atoms with E-state index in [4.69, 9.17) is 0 Å². The minimum atomic E-state index is -0.0162. The highest BCUT2D eigenvalue weighted by Crippen LogP contribution is 2.53. The van der Waals surface area contributed by atoms with Crippen LogP contribution >= 0.6 is 0 Å². The number of rotatable bonds is 1. The van der Waals surface area contributed by atoms with Gasteiger partial charge < -0.3 is 9.80 Å². The van der Waals surface area contributed by atoms with E-state index in [-0.39, 0.29) is 35.4 Å². The van der Waals surface area contributed by atoms with Gasteiger partial charge in [0.1, 0.15) is 11.5 Å². The minimum absolute atomic E-state index is 0.0111. The van der Waals surface area contributed by atoms with Crippen LogP contribution in [0.4, 0.5) is 0 Å². The molecule has 3 aliphatic rings. The smallest absolute Gasteiger partial charge is 0.272 e. The highest BCUT2D eigenvalue weighted by Gasteiger charge is 2.60. The van der Waals surface area contributed by atoms with Crippen LogP contribution in [0.15, 0.2) is 12.3 Å². The lowest BCUT2D eigenvalue weighted by Gasteiger charge is -2.46. The molecule has 1 aromatic rings. The highest BCUT2D eigenvalue weighted by atomic mass is 16.2. The van der Waals surface area contributed by atoms with Crippen LogP contribution in [0.2, 0.25) is 0 Å². The van der Waals surface area contributed by atoms with Gasteiger partial charge in [0.15, 0.2) is 0 Å². The second-order valence-corrected chi connectivity index (χ2v) is 8.05. The van der Waals surface area contributed by atoms with Gasteiger partial charge in [0.25, 0.3) is 5.91 Å². The van der Waals surface area contributed by atoms with Crippen molar-refractivity contribution in [1.29, 1.82) is 0 Å². The van der Waals surface area contributed by atoms with Crippen LogP contribution in [0.1, 0.15) is 62.3 Å². The van der Waals surface area contributed by atoms with E-state index in [1.165, 1.54) is 0 Å². The fraction of sp³-hybridized carbons (Fsp3) is 0.684. The summed E-state index contributed by atoms with van der Waals surface area (Å²) >= 11 is 0. The lowest BCUT2D eigenvalue weighted by Crippen LogP contribution is -2.55. The molecule has 0 spiro atoms. The van der Waals surface area contributed by atoms with Gasteiger partial charge in [0, 0.05) is 37.2 Å². The van der Waals surface area contributed by atoms with E-state index < -0.39 is 0 Å². The third kappa shape index (κ3) is 2.45. The molecule has 1 aromatic heterocycles. The monoisotopic (exact) mass is 342 g/mol. The maximum absolute atomic E-state index is 13.2. The predicted molar refractivity (Wildman–Crippen MR) is 92.9 cm³/mol. The summed E-state index contributed by atoms with van der Waals surface area (Å²) < 4.78 is 0. The molecule has 2 saturated heterocycles. The number of aromatic nitrogens is 2. The number of piperidine rings is 1. The number of carbonyl (C=O) groups excluding carboxylic acids is 2. The molecule has 6 heteroatoms. The van der Waals surface area contributed by atoms with Crippen LogP contribution in [0, 0.1) is 12.3 Å². The topological polar surface area (TPSA) is 66.4 Å². The molecule has 1 aliphatic carbocycles. The molecule has 2 bridgehead atoms. The van der Waals surface area contributed by atoms with Crippen LogP contribution in [0.5, 0.6) is 0 Å². The minimum Gasteiger partial charge on any atom is -0.335 e. The highest BCUT2D eigenvalue weighted by molar-refractivity contribution is 5.93. The quantitative estimate of drug-likeness (QED) is 0.784. The van der Waals surface area contributed by atoms with E-state index in [0.717, 1.165) is 32.1 Å². The molecule has 4 atom stereocenters. The van der Waals surface area contributed by atoms with Crippen LogP contribution in [-0.2, 0) is 4.79 Å². The summed E-state index contributed by atoms with van der Waals surface area (Å²) in [5, 5.41) is 0. The van der Waals surface area contributed by atoms with Crippen molar-refractivity contribution in [3.05, 3.63) is 23.8 Å². The zero-order chi connectivity index (χ0) is 17.8. The van der Waals surface area contributed by atoms with Gasteiger partial charge in [-0.25, -0.2) is 9.97 Å². The van der Waals surface area contributed by atoms with Crippen molar-refractivity contribution < 1.29 is 9.59 Å². The number of aryl methyl sites for hydroxylation is 1. The number of amides is 2. The number of carbonyl (C=O) groups is 2. The SMILES string of the molecule is CC(=O)N1[C@@H]2CN(C(=O)c3ccnc(C)n3)[C@@H]3CCCC[C@H]1[C@]3(C)C2. The van der Waals surface area contributed by atoms with Gasteiger partial charge in [-0.15, -0.1) is 0 Å². The van der Waals surface area contributed by atoms with Gasteiger partial charge in [-0.1, -0.05) is 19.8 Å². The first-order chi connectivity index (χ1) is 11.9. The molecular formula is C19H26N4O2. The lowest BCUT2D eigenvalue weighted by molar-refractivity contribution is -0.132. The zero-order valence-electron chi connectivity index (χ0n) is 15.2. The largest absolute Gasteiger partial charge is 0.335 e. The molecule has 25 heavy (non-hydrogen) atoms. The molecule has 0 radical (unpaired) electrons. The van der Waals surface area contributed by atoms with Crippen molar-refractivity contribution in [1.82, 2.24) is 19.8 Å². The molecule has 134 valence electrons. The standard InChI is InChI=1S/C19H26N4O2/c1-12-20-9-8-15(21-12)18(25)22-11-14-10-19(3)16(22)6-4-5-7-17(19)23(14)13(2)24/h8-9,14,16-17H,4-7,10-11H2,1-3H3/t14-,16+,17-,19+/m0/s1. The van der Waals surface area contributed by atoms with Gasteiger partial charge in [-0.3, -0.25) is 9.59 Å². The molecule has 2 amide bonds. The molecule has 0 N–H and O–H groups in total. The lowest BCUT2D eigenvalue weighted by atomic mass is 9.71. The molecule has 6 nitrogen and oxygen atoms in total. The first kappa shape index (κ1) is 16.5. The maximum Gasteiger partial charge on any atom is 0.272 e. The van der Waals surface area contributed by atoms with E-state index in [1.54, 1.807) is 26.1 Å². The summed E-state index contributed by atoms with van der Waals surface area (Å²) in [6, 6.07) is 2.27. The fourth-order valence-corrected chi connectivity index (χ4v) is 5.59. The Morgan fingerprint density at radius 3 is 2.64 bits per heavy atom. The van der Waals surface area contributed by atoms with E-state index in [0.29, 0.717) is 18.1 Å². The molecule has 4 rings (SSSR count). The van der Waals surface area contributed by atoms with Crippen molar-refractivity contribution in [2.75, 3.05) is 6.54 Å². The maximum atomic E-state index is 13.2. The molecule has 3 heterocycles. The summed E-state index contributed by atoms with van der Waals surface area (Å²) in [5.74, 6) is 0.741. The van der Waals surface area contributed by atoms with Crippen LogP contribution in [0.3, 0.4) is 0 Å². The Kier molecular flexibility index (Phi) is 3.81. The summed E-state index contributed by atoms with van der Waals surface area (Å²) in [4.78, 5) is 38.1. The Hall–Kier alpha value is -1.98. The van der Waals surface area contributed by atoms with Crippen LogP contribution in [-0.4, -0.2) is 56.3 Å². The molecule has 2 aliphatic heterocycles. The second-order valence-electron chi connectivity index (χ2n) is 8.05. The zero-order valence-corrected chi connectivity index (χ0v) is 15.2. The number of hydrogen-bond acceptors (Lipinski definition) is 4. The Morgan fingerprint density at radius 2 is 1.96 bits per heavy atom. The van der Waals surface area contributed by atoms with Crippen molar-refractivity contribution in [3.63, 3.8) is 0 Å². The number of nitrogens with zero attached hydrogens (tertiary/aromatic N) is 4. The Morgan fingerprint density at radius 1 is 1.24 bits per heavy atom. The van der Waals surface area contributed by atoms with Crippen molar-refractivity contribution >= 4 is 11.8 Å². The van der Waals surface area contributed by atoms with Crippen molar-refractivity contribution in [3.8, 4) is 0 Å². The molecule has 0 aromatic carbocycles. The number of likely N-dealkylation sites (tertiary alicyclic amines) is 2. The third-order valence-corrected chi connectivity index (χ3v) is 6.54. The Labute approximate surface area is 148 Å². The van der Waals surface area contributed by atoms with Crippen molar-refractivity contribution in [2.45, 2.75) is 71.0 Å². The average Bonchev–Trinajstić information content (AvgIpc) is 2.69. The first-order valence-electron chi connectivity index (χ1n) is 9.31. The normalized spacial score (nSPS) is 34.0. The second kappa shape index (κ2) is 5.78. The van der Waals surface area contributed by atoms with Crippen molar-refractivity contribution in [2.24, 2.45) is 5.41 Å². The van der Waals surface area contributed by atoms with E-state index in [9.17, 15) is 9.59 Å². The average molecular weight is 342 g/mol. The molecular weight excluding hydrogens is 316 g/mol. The van der Waals surface area contributed by atoms with E-state index in [2.05, 4.69) is 21.8 Å². The summed E-state index contributed by atoms with van der Waals surface area (Å²) in [6.45, 7) is 6.38. The Balaban J connectivity index is 1.73. The Bertz CT molecular complexity index is 721. The van der Waals surface area contributed by atoms with Crippen LogP contribution in [0.25, 0.3) is 0 Å². The van der Waals surface area contributed by atoms with Gasteiger partial charge in [-0.2, -0.15) is 0 Å². The molecule has 1 saturated carbocycles. The molecule has 3 fully saturated rings. The fourth-order valence-electron chi connectivity index (χ4n) is 5.59. The van der Waals surface area contributed by atoms with Gasteiger partial charge in [0.2, 0.25) is 5.91 Å². The molecule has 0 unspecified atom stereocenters. The van der Waals surface area contributed by atoms with E-state index >= 15 is 0 Å².